The standard InChI is InChI=1S/C14H32N2O4/c1-2-12(16)9-14(20,13(19)6-8-17)11(10-18)5-3-4-7-15/h11-13,17-20H,2-10,15-16H2,1H3. The maximum Gasteiger partial charge on any atom is 0.0970 e. The first-order valence-corrected chi connectivity index (χ1v) is 7.54. The highest BCUT2D eigenvalue weighted by molar-refractivity contribution is 4.95. The molecule has 0 radical (unpaired) electrons. The monoisotopic (exact) mass is 292 g/mol. The Morgan fingerprint density at radius 2 is 1.80 bits per heavy atom. The molecule has 0 aromatic heterocycles. The zero-order chi connectivity index (χ0) is 15.6. The lowest BCUT2D eigenvalue weighted by molar-refractivity contribution is -0.140. The average molecular weight is 292 g/mol. The molecule has 0 amide bonds. The lowest BCUT2D eigenvalue weighted by Gasteiger charge is -2.41. The molecule has 0 aromatic rings. The minimum Gasteiger partial charge on any atom is -0.396 e. The van der Waals surface area contributed by atoms with Crippen LogP contribution in [0.5, 0.6) is 0 Å². The van der Waals surface area contributed by atoms with Gasteiger partial charge in [-0.15, -0.1) is 0 Å². The second-order valence-electron chi connectivity index (χ2n) is 5.56. The van der Waals surface area contributed by atoms with Crippen LogP contribution in [0.3, 0.4) is 0 Å². The zero-order valence-electron chi connectivity index (χ0n) is 12.5. The van der Waals surface area contributed by atoms with Crippen LogP contribution in [0.4, 0.5) is 0 Å². The lowest BCUT2D eigenvalue weighted by atomic mass is 9.74. The predicted molar refractivity (Wildman–Crippen MR) is 79.0 cm³/mol. The molecule has 122 valence electrons. The van der Waals surface area contributed by atoms with E-state index < -0.39 is 17.6 Å². The van der Waals surface area contributed by atoms with Gasteiger partial charge in [-0.3, -0.25) is 0 Å². The minimum absolute atomic E-state index is 0.0698. The van der Waals surface area contributed by atoms with Gasteiger partial charge >= 0.3 is 0 Å². The van der Waals surface area contributed by atoms with E-state index in [0.29, 0.717) is 19.4 Å². The molecule has 4 atom stereocenters. The van der Waals surface area contributed by atoms with Crippen molar-refractivity contribution in [1.82, 2.24) is 0 Å². The maximum atomic E-state index is 10.8. The Kier molecular flexibility index (Phi) is 10.4. The highest BCUT2D eigenvalue weighted by atomic mass is 16.3. The molecular weight excluding hydrogens is 260 g/mol. The Labute approximate surface area is 121 Å². The first-order chi connectivity index (χ1) is 9.46. The van der Waals surface area contributed by atoms with E-state index in [1.165, 1.54) is 0 Å². The zero-order valence-corrected chi connectivity index (χ0v) is 12.5. The molecule has 0 aliphatic rings. The van der Waals surface area contributed by atoms with Crippen molar-refractivity contribution >= 4 is 0 Å². The fraction of sp³-hybridized carbons (Fsp3) is 1.00. The summed E-state index contributed by atoms with van der Waals surface area (Å²) in [5, 5.41) is 39.5. The van der Waals surface area contributed by atoms with Crippen LogP contribution in [0.25, 0.3) is 0 Å². The molecule has 0 saturated carbocycles. The van der Waals surface area contributed by atoms with Crippen molar-refractivity contribution in [3.05, 3.63) is 0 Å². The third-order valence-corrected chi connectivity index (χ3v) is 4.03. The van der Waals surface area contributed by atoms with Crippen LogP contribution >= 0.6 is 0 Å². The van der Waals surface area contributed by atoms with Crippen LogP contribution in [0, 0.1) is 5.92 Å². The second kappa shape index (κ2) is 10.5. The van der Waals surface area contributed by atoms with Gasteiger partial charge in [-0.1, -0.05) is 13.3 Å². The van der Waals surface area contributed by atoms with E-state index in [-0.39, 0.29) is 32.1 Å². The number of aliphatic hydroxyl groups is 4. The van der Waals surface area contributed by atoms with Gasteiger partial charge in [-0.2, -0.15) is 0 Å². The van der Waals surface area contributed by atoms with Gasteiger partial charge in [0.15, 0.2) is 0 Å². The normalized spacial score (nSPS) is 19.4. The number of aliphatic hydroxyl groups excluding tert-OH is 3. The summed E-state index contributed by atoms with van der Waals surface area (Å²) in [7, 11) is 0. The second-order valence-corrected chi connectivity index (χ2v) is 5.56. The quantitative estimate of drug-likeness (QED) is 0.264. The van der Waals surface area contributed by atoms with Crippen molar-refractivity contribution in [3.63, 3.8) is 0 Å². The molecule has 6 nitrogen and oxygen atoms in total. The Bertz CT molecular complexity index is 243. The fourth-order valence-corrected chi connectivity index (χ4v) is 2.55. The molecule has 0 aliphatic carbocycles. The van der Waals surface area contributed by atoms with Gasteiger partial charge in [-0.25, -0.2) is 0 Å². The van der Waals surface area contributed by atoms with E-state index in [1.807, 2.05) is 6.92 Å². The average Bonchev–Trinajstić information content (AvgIpc) is 2.43. The third-order valence-electron chi connectivity index (χ3n) is 4.03. The van der Waals surface area contributed by atoms with E-state index in [9.17, 15) is 15.3 Å². The SMILES string of the molecule is CCC(N)CC(O)(C(O)CCO)C(CO)CCCCN. The summed E-state index contributed by atoms with van der Waals surface area (Å²) >= 11 is 0. The van der Waals surface area contributed by atoms with Crippen molar-refractivity contribution < 1.29 is 20.4 Å². The summed E-state index contributed by atoms with van der Waals surface area (Å²) in [6.07, 6.45) is 2.01. The minimum atomic E-state index is -1.47. The van der Waals surface area contributed by atoms with Crippen molar-refractivity contribution in [2.24, 2.45) is 17.4 Å². The Hall–Kier alpha value is -0.240. The Morgan fingerprint density at radius 1 is 1.15 bits per heavy atom. The van der Waals surface area contributed by atoms with E-state index in [4.69, 9.17) is 16.6 Å². The van der Waals surface area contributed by atoms with Gasteiger partial charge in [0.2, 0.25) is 0 Å². The third kappa shape index (κ3) is 6.03. The van der Waals surface area contributed by atoms with Gasteiger partial charge in [0.25, 0.3) is 0 Å². The van der Waals surface area contributed by atoms with Crippen molar-refractivity contribution in [3.8, 4) is 0 Å². The Morgan fingerprint density at radius 3 is 2.25 bits per heavy atom. The molecule has 0 rings (SSSR count). The molecule has 6 heteroatoms. The van der Waals surface area contributed by atoms with Gasteiger partial charge in [-0.05, 0) is 38.6 Å². The van der Waals surface area contributed by atoms with Crippen LogP contribution in [0.2, 0.25) is 0 Å². The molecule has 0 saturated heterocycles. The molecule has 0 aromatic carbocycles. The molecule has 4 unspecified atom stereocenters. The number of hydrogen-bond donors (Lipinski definition) is 6. The van der Waals surface area contributed by atoms with Crippen LogP contribution in [-0.2, 0) is 0 Å². The molecule has 0 spiro atoms. The molecular formula is C14H32N2O4. The summed E-state index contributed by atoms with van der Waals surface area (Å²) in [6, 6.07) is -0.253. The summed E-state index contributed by atoms with van der Waals surface area (Å²) in [5.41, 5.74) is 9.88. The highest BCUT2D eigenvalue weighted by Gasteiger charge is 2.43. The van der Waals surface area contributed by atoms with E-state index in [1.54, 1.807) is 0 Å². The molecule has 20 heavy (non-hydrogen) atoms. The van der Waals surface area contributed by atoms with E-state index >= 15 is 0 Å². The van der Waals surface area contributed by atoms with Gasteiger partial charge < -0.3 is 31.9 Å². The number of nitrogens with two attached hydrogens (primary N) is 2. The molecule has 0 heterocycles. The fourth-order valence-electron chi connectivity index (χ4n) is 2.55. The summed E-state index contributed by atoms with van der Waals surface area (Å²) in [5.74, 6) is -0.465. The Balaban J connectivity index is 4.93. The van der Waals surface area contributed by atoms with Gasteiger partial charge in [0.1, 0.15) is 0 Å². The largest absolute Gasteiger partial charge is 0.396 e. The van der Waals surface area contributed by atoms with Gasteiger partial charge in [0.05, 0.1) is 11.7 Å². The van der Waals surface area contributed by atoms with Crippen LogP contribution in [0.15, 0.2) is 0 Å². The maximum absolute atomic E-state index is 10.8. The molecule has 0 aliphatic heterocycles. The number of rotatable bonds is 12. The topological polar surface area (TPSA) is 133 Å². The van der Waals surface area contributed by atoms with E-state index in [2.05, 4.69) is 0 Å². The van der Waals surface area contributed by atoms with Crippen LogP contribution in [-0.4, -0.2) is 57.9 Å². The predicted octanol–water partition coefficient (Wildman–Crippen LogP) is -0.674. The van der Waals surface area contributed by atoms with Crippen molar-refractivity contribution in [2.75, 3.05) is 19.8 Å². The summed E-state index contributed by atoms with van der Waals surface area (Å²) < 4.78 is 0. The van der Waals surface area contributed by atoms with Crippen molar-refractivity contribution in [2.45, 2.75) is 63.2 Å². The molecule has 0 bridgehead atoms. The summed E-state index contributed by atoms with van der Waals surface area (Å²) in [4.78, 5) is 0. The smallest absolute Gasteiger partial charge is 0.0970 e. The lowest BCUT2D eigenvalue weighted by Crippen LogP contribution is -2.53. The van der Waals surface area contributed by atoms with Gasteiger partial charge in [0, 0.05) is 25.2 Å². The highest BCUT2D eigenvalue weighted by Crippen LogP contribution is 2.32. The summed E-state index contributed by atoms with van der Waals surface area (Å²) in [6.45, 7) is 2.03. The number of hydrogen-bond acceptors (Lipinski definition) is 6. The van der Waals surface area contributed by atoms with Crippen molar-refractivity contribution in [1.29, 1.82) is 0 Å². The molecule has 0 fully saturated rings. The van der Waals surface area contributed by atoms with Crippen LogP contribution < -0.4 is 11.5 Å². The molecule has 8 N–H and O–H groups in total. The van der Waals surface area contributed by atoms with Crippen LogP contribution in [0.1, 0.15) is 45.4 Å². The number of unbranched alkanes of at least 4 members (excludes halogenated alkanes) is 1. The van der Waals surface area contributed by atoms with E-state index in [0.717, 1.165) is 12.8 Å². The first-order valence-electron chi connectivity index (χ1n) is 7.54. The first kappa shape index (κ1) is 19.8.